The van der Waals surface area contributed by atoms with Gasteiger partial charge in [0.05, 0.1) is 18.6 Å². The van der Waals surface area contributed by atoms with Gasteiger partial charge in [0.15, 0.2) is 0 Å². The van der Waals surface area contributed by atoms with Gasteiger partial charge >= 0.3 is 0 Å². The predicted octanol–water partition coefficient (Wildman–Crippen LogP) is 1.01. The molecule has 106 valence electrons. The van der Waals surface area contributed by atoms with Gasteiger partial charge in [0.1, 0.15) is 0 Å². The molecule has 1 saturated carbocycles. The number of fused-ring (bicyclic) bond motifs is 1. The summed E-state index contributed by atoms with van der Waals surface area (Å²) in [5.41, 5.74) is 0.232. The van der Waals surface area contributed by atoms with Crippen molar-refractivity contribution < 1.29 is 9.53 Å². The van der Waals surface area contributed by atoms with Crippen LogP contribution in [-0.2, 0) is 9.53 Å². The second-order valence-electron chi connectivity index (χ2n) is 7.34. The molecule has 0 aromatic rings. The van der Waals surface area contributed by atoms with Gasteiger partial charge in [0.2, 0.25) is 5.91 Å². The van der Waals surface area contributed by atoms with Crippen molar-refractivity contribution in [2.75, 3.05) is 32.8 Å². The van der Waals surface area contributed by atoms with Gasteiger partial charge in [-0.2, -0.15) is 0 Å². The maximum Gasteiger partial charge on any atom is 0.233 e. The number of carbonyl (C=O) groups is 1. The van der Waals surface area contributed by atoms with Crippen LogP contribution in [0.25, 0.3) is 0 Å². The minimum Gasteiger partial charge on any atom is -0.380 e. The van der Waals surface area contributed by atoms with Crippen LogP contribution in [-0.4, -0.2) is 49.7 Å². The fraction of sp³-hybridized carbons (Fsp3) is 0.933. The van der Waals surface area contributed by atoms with Crippen molar-refractivity contribution in [1.29, 1.82) is 0 Å². The number of nitrogens with one attached hydrogen (secondary N) is 1. The Kier molecular flexibility index (Phi) is 2.53. The van der Waals surface area contributed by atoms with Gasteiger partial charge in [-0.15, -0.1) is 0 Å². The number of nitrogens with zero attached hydrogens (tertiary/aromatic N) is 1. The summed E-state index contributed by atoms with van der Waals surface area (Å²) >= 11 is 0. The van der Waals surface area contributed by atoms with Crippen LogP contribution in [0.15, 0.2) is 0 Å². The highest BCUT2D eigenvalue weighted by Gasteiger charge is 2.57. The van der Waals surface area contributed by atoms with Crippen molar-refractivity contribution in [2.45, 2.75) is 38.6 Å². The molecule has 0 bridgehead atoms. The molecule has 0 aromatic carbocycles. The zero-order valence-electron chi connectivity index (χ0n) is 11.8. The van der Waals surface area contributed by atoms with Crippen molar-refractivity contribution in [3.05, 3.63) is 0 Å². The Hall–Kier alpha value is -0.610. The lowest BCUT2D eigenvalue weighted by Gasteiger charge is -2.39. The largest absolute Gasteiger partial charge is 0.380 e. The normalized spacial score (nSPS) is 43.5. The van der Waals surface area contributed by atoms with Crippen molar-refractivity contribution in [2.24, 2.45) is 16.7 Å². The summed E-state index contributed by atoms with van der Waals surface area (Å²) < 4.78 is 5.64. The molecular weight excluding hydrogens is 240 g/mol. The summed E-state index contributed by atoms with van der Waals surface area (Å²) in [6.45, 7) is 6.37. The van der Waals surface area contributed by atoms with Crippen LogP contribution >= 0.6 is 0 Å². The van der Waals surface area contributed by atoms with Crippen molar-refractivity contribution in [3.8, 4) is 0 Å². The zero-order chi connectivity index (χ0) is 13.1. The number of hydrogen-bond donors (Lipinski definition) is 1. The quantitative estimate of drug-likeness (QED) is 0.768. The molecule has 4 rings (SSSR count). The van der Waals surface area contributed by atoms with E-state index in [4.69, 9.17) is 4.74 Å². The minimum absolute atomic E-state index is 0.246. The summed E-state index contributed by atoms with van der Waals surface area (Å²) in [4.78, 5) is 15.3. The van der Waals surface area contributed by atoms with Gasteiger partial charge in [0, 0.05) is 31.6 Å². The van der Waals surface area contributed by atoms with E-state index in [1.165, 1.54) is 25.7 Å². The molecule has 3 heterocycles. The van der Waals surface area contributed by atoms with E-state index >= 15 is 0 Å². The third-order valence-corrected chi connectivity index (χ3v) is 6.16. The Labute approximate surface area is 114 Å². The van der Waals surface area contributed by atoms with E-state index in [1.54, 1.807) is 0 Å². The third kappa shape index (κ3) is 1.56. The topological polar surface area (TPSA) is 41.6 Å². The lowest BCUT2D eigenvalue weighted by atomic mass is 9.68. The van der Waals surface area contributed by atoms with Crippen molar-refractivity contribution in [1.82, 2.24) is 10.2 Å². The average molecular weight is 264 g/mol. The molecule has 4 heteroatoms. The summed E-state index contributed by atoms with van der Waals surface area (Å²) in [5.74, 6) is 0.765. The smallest absolute Gasteiger partial charge is 0.233 e. The molecule has 1 unspecified atom stereocenters. The summed E-state index contributed by atoms with van der Waals surface area (Å²) in [5, 5.41) is 3.41. The highest BCUT2D eigenvalue weighted by molar-refractivity contribution is 5.85. The van der Waals surface area contributed by atoms with Crippen LogP contribution in [0.2, 0.25) is 0 Å². The number of hydrogen-bond acceptors (Lipinski definition) is 3. The Bertz CT molecular complexity index is 395. The maximum atomic E-state index is 13.1. The number of rotatable bonds is 1. The van der Waals surface area contributed by atoms with Crippen LogP contribution < -0.4 is 5.32 Å². The molecule has 0 radical (unpaired) electrons. The molecule has 4 aliphatic rings. The van der Waals surface area contributed by atoms with E-state index in [0.29, 0.717) is 29.9 Å². The van der Waals surface area contributed by atoms with Gasteiger partial charge in [-0.1, -0.05) is 6.42 Å². The van der Waals surface area contributed by atoms with Crippen LogP contribution in [0.1, 0.15) is 32.6 Å². The Morgan fingerprint density at radius 3 is 2.95 bits per heavy atom. The van der Waals surface area contributed by atoms with Gasteiger partial charge in [-0.3, -0.25) is 4.79 Å². The molecule has 1 aliphatic carbocycles. The predicted molar refractivity (Wildman–Crippen MR) is 71.7 cm³/mol. The van der Waals surface area contributed by atoms with Gasteiger partial charge < -0.3 is 15.0 Å². The maximum absolute atomic E-state index is 13.1. The Morgan fingerprint density at radius 1 is 1.42 bits per heavy atom. The number of amides is 1. The third-order valence-electron chi connectivity index (χ3n) is 6.16. The number of likely N-dealkylation sites (tertiary alicyclic amines) is 1. The van der Waals surface area contributed by atoms with E-state index in [0.717, 1.165) is 26.2 Å². The molecule has 3 atom stereocenters. The van der Waals surface area contributed by atoms with Crippen LogP contribution in [0.5, 0.6) is 0 Å². The monoisotopic (exact) mass is 264 g/mol. The molecule has 3 aliphatic heterocycles. The molecule has 19 heavy (non-hydrogen) atoms. The first-order valence-corrected chi connectivity index (χ1v) is 7.75. The van der Waals surface area contributed by atoms with E-state index < -0.39 is 0 Å². The first-order chi connectivity index (χ1) is 9.15. The first-order valence-electron chi connectivity index (χ1n) is 7.75. The molecule has 3 saturated heterocycles. The fourth-order valence-corrected chi connectivity index (χ4v) is 4.81. The summed E-state index contributed by atoms with van der Waals surface area (Å²) in [6, 6.07) is 0.420. The van der Waals surface area contributed by atoms with Gasteiger partial charge in [-0.05, 0) is 31.6 Å². The van der Waals surface area contributed by atoms with Crippen LogP contribution in [0.4, 0.5) is 0 Å². The molecule has 0 aromatic heterocycles. The first kappa shape index (κ1) is 12.2. The molecule has 4 fully saturated rings. The van der Waals surface area contributed by atoms with E-state index in [9.17, 15) is 4.79 Å². The molecule has 4 nitrogen and oxygen atoms in total. The van der Waals surface area contributed by atoms with E-state index in [1.807, 2.05) is 0 Å². The van der Waals surface area contributed by atoms with Gasteiger partial charge in [0.25, 0.3) is 0 Å². The van der Waals surface area contributed by atoms with Crippen LogP contribution in [0.3, 0.4) is 0 Å². The number of ether oxygens (including phenoxy) is 1. The molecule has 1 amide bonds. The lowest BCUT2D eigenvalue weighted by Crippen LogP contribution is -2.50. The van der Waals surface area contributed by atoms with Crippen molar-refractivity contribution in [3.63, 3.8) is 0 Å². The Balaban J connectivity index is 1.57. The van der Waals surface area contributed by atoms with Crippen LogP contribution in [0, 0.1) is 16.7 Å². The second kappa shape index (κ2) is 3.95. The summed E-state index contributed by atoms with van der Waals surface area (Å²) in [6.07, 6.45) is 5.22. The zero-order valence-corrected chi connectivity index (χ0v) is 11.8. The highest BCUT2D eigenvalue weighted by Crippen LogP contribution is 2.51. The second-order valence-corrected chi connectivity index (χ2v) is 7.34. The molecule has 1 N–H and O–H groups in total. The average Bonchev–Trinajstić information content (AvgIpc) is 2.97. The molecular formula is C15H24N2O2. The van der Waals surface area contributed by atoms with Gasteiger partial charge in [-0.25, -0.2) is 0 Å². The SMILES string of the molecule is CC1CC2(CCC2)CN1C(=O)[C@]12CNC[C@H]1COC2. The minimum atomic E-state index is -0.246. The molecule has 1 spiro atoms. The van der Waals surface area contributed by atoms with Crippen molar-refractivity contribution >= 4 is 5.91 Å². The van der Waals surface area contributed by atoms with E-state index in [-0.39, 0.29) is 5.41 Å². The fourth-order valence-electron chi connectivity index (χ4n) is 4.81. The van der Waals surface area contributed by atoms with E-state index in [2.05, 4.69) is 17.1 Å². The summed E-state index contributed by atoms with van der Waals surface area (Å²) in [7, 11) is 0. The number of carbonyl (C=O) groups excluding carboxylic acids is 1. The Morgan fingerprint density at radius 2 is 2.26 bits per heavy atom. The highest BCUT2D eigenvalue weighted by atomic mass is 16.5. The standard InChI is InChI=1S/C15H24N2O2/c1-11-5-14(3-2-4-14)9-17(11)13(18)15-8-16-6-12(15)7-19-10-15/h11-12,16H,2-10H2,1H3/t11?,12-,15-/m0/s1. The lowest BCUT2D eigenvalue weighted by molar-refractivity contribution is -0.143.